The van der Waals surface area contributed by atoms with Crippen LogP contribution in [0.15, 0.2) is 82.2 Å². The normalized spacial score (nSPS) is 14.2. The van der Waals surface area contributed by atoms with Crippen molar-refractivity contribution >= 4 is 37.5 Å². The Kier molecular flexibility index (Phi) is 8.33. The third-order valence-corrected chi connectivity index (χ3v) is 8.64. The Hall–Kier alpha value is -2.88. The van der Waals surface area contributed by atoms with Crippen LogP contribution in [0.25, 0.3) is 0 Å². The number of para-hydroxylation sites is 2. The summed E-state index contributed by atoms with van der Waals surface area (Å²) in [5.41, 5.74) is 2.77. The number of carbonyl (C=O) groups excluding carboxylic acids is 1. The van der Waals surface area contributed by atoms with Crippen molar-refractivity contribution in [2.75, 3.05) is 44.7 Å². The van der Waals surface area contributed by atoms with Crippen molar-refractivity contribution in [3.8, 4) is 5.75 Å². The van der Waals surface area contributed by atoms with E-state index < -0.39 is 10.0 Å². The summed E-state index contributed by atoms with van der Waals surface area (Å²) in [6, 6.07) is 22.0. The highest BCUT2D eigenvalue weighted by Crippen LogP contribution is 2.28. The number of amides is 1. The first-order chi connectivity index (χ1) is 17.3. The second-order valence-electron chi connectivity index (χ2n) is 8.75. The molecule has 1 heterocycles. The van der Waals surface area contributed by atoms with E-state index in [-0.39, 0.29) is 23.9 Å². The summed E-state index contributed by atoms with van der Waals surface area (Å²) >= 11 is 3.41. The van der Waals surface area contributed by atoms with Gasteiger partial charge in [0.05, 0.1) is 24.2 Å². The molecule has 1 aliphatic heterocycles. The Morgan fingerprint density at radius 1 is 0.944 bits per heavy atom. The summed E-state index contributed by atoms with van der Waals surface area (Å²) < 4.78 is 34.8. The first kappa shape index (κ1) is 26.2. The van der Waals surface area contributed by atoms with E-state index in [0.29, 0.717) is 26.2 Å². The largest absolute Gasteiger partial charge is 0.495 e. The number of piperazine rings is 1. The Morgan fingerprint density at radius 3 is 2.22 bits per heavy atom. The van der Waals surface area contributed by atoms with Gasteiger partial charge in [-0.1, -0.05) is 57.9 Å². The molecule has 0 saturated carbocycles. The molecule has 0 unspecified atom stereocenters. The smallest absolute Gasteiger partial charge is 0.243 e. The van der Waals surface area contributed by atoms with E-state index in [1.165, 1.54) is 4.31 Å². The number of hydrogen-bond donors (Lipinski definition) is 0. The Morgan fingerprint density at radius 2 is 1.58 bits per heavy atom. The molecular formula is C27H30BrN3O4S. The van der Waals surface area contributed by atoms with Gasteiger partial charge in [0.2, 0.25) is 15.9 Å². The number of anilines is 1. The van der Waals surface area contributed by atoms with Gasteiger partial charge >= 0.3 is 0 Å². The number of halogens is 1. The van der Waals surface area contributed by atoms with Gasteiger partial charge in [0.25, 0.3) is 0 Å². The molecule has 1 amide bonds. The summed E-state index contributed by atoms with van der Waals surface area (Å²) in [7, 11) is -2.23. The molecule has 3 aromatic carbocycles. The summed E-state index contributed by atoms with van der Waals surface area (Å²) in [4.78, 5) is 17.4. The van der Waals surface area contributed by atoms with Gasteiger partial charge in [-0.3, -0.25) is 4.79 Å². The Bertz CT molecular complexity index is 1290. The van der Waals surface area contributed by atoms with Crippen LogP contribution in [-0.2, 0) is 21.4 Å². The van der Waals surface area contributed by atoms with Crippen molar-refractivity contribution in [1.82, 2.24) is 9.21 Å². The Balaban J connectivity index is 1.50. The van der Waals surface area contributed by atoms with E-state index in [4.69, 9.17) is 4.74 Å². The molecule has 0 aliphatic carbocycles. The summed E-state index contributed by atoms with van der Waals surface area (Å²) in [5.74, 6) is 0.588. The fraction of sp³-hybridized carbons (Fsp3) is 0.296. The number of benzene rings is 3. The number of carbonyl (C=O) groups is 1. The molecule has 9 heteroatoms. The topological polar surface area (TPSA) is 70.2 Å². The lowest BCUT2D eigenvalue weighted by atomic mass is 10.2. The van der Waals surface area contributed by atoms with Gasteiger partial charge in [-0.05, 0) is 48.9 Å². The fourth-order valence-electron chi connectivity index (χ4n) is 4.22. The van der Waals surface area contributed by atoms with Crippen molar-refractivity contribution in [2.24, 2.45) is 0 Å². The number of hydrogen-bond acceptors (Lipinski definition) is 5. The predicted octanol–water partition coefficient (Wildman–Crippen LogP) is 4.31. The third kappa shape index (κ3) is 6.08. The van der Waals surface area contributed by atoms with Gasteiger partial charge in [0.1, 0.15) is 5.75 Å². The lowest BCUT2D eigenvalue weighted by molar-refractivity contribution is -0.131. The van der Waals surface area contributed by atoms with E-state index in [0.717, 1.165) is 27.0 Å². The molecule has 190 valence electrons. The lowest BCUT2D eigenvalue weighted by Crippen LogP contribution is -2.51. The van der Waals surface area contributed by atoms with Gasteiger partial charge in [0, 0.05) is 37.2 Å². The molecule has 36 heavy (non-hydrogen) atoms. The molecule has 1 aliphatic rings. The summed E-state index contributed by atoms with van der Waals surface area (Å²) in [5, 5.41) is 0. The molecule has 0 N–H and O–H groups in total. The van der Waals surface area contributed by atoms with E-state index >= 15 is 0 Å². The van der Waals surface area contributed by atoms with Crippen LogP contribution in [0.4, 0.5) is 5.69 Å². The molecule has 0 spiro atoms. The second-order valence-corrected chi connectivity index (χ2v) is 11.6. The van der Waals surface area contributed by atoms with Crippen LogP contribution in [0.3, 0.4) is 0 Å². The van der Waals surface area contributed by atoms with Crippen molar-refractivity contribution in [2.45, 2.75) is 18.4 Å². The molecule has 0 aromatic heterocycles. The van der Waals surface area contributed by atoms with Gasteiger partial charge in [-0.25, -0.2) is 8.42 Å². The maximum atomic E-state index is 13.6. The van der Waals surface area contributed by atoms with Crippen LogP contribution >= 0.6 is 15.9 Å². The van der Waals surface area contributed by atoms with Crippen molar-refractivity contribution in [1.29, 1.82) is 0 Å². The SMILES string of the molecule is COc1ccccc1N1CCN(C(=O)CN(Cc2ccc(Br)cc2)S(=O)(=O)c2ccc(C)cc2)CC1. The van der Waals surface area contributed by atoms with Crippen LogP contribution < -0.4 is 9.64 Å². The van der Waals surface area contributed by atoms with Gasteiger partial charge in [-0.15, -0.1) is 0 Å². The van der Waals surface area contributed by atoms with Crippen molar-refractivity contribution in [3.05, 3.63) is 88.4 Å². The third-order valence-electron chi connectivity index (χ3n) is 6.30. The lowest BCUT2D eigenvalue weighted by Gasteiger charge is -2.37. The molecule has 0 atom stereocenters. The molecule has 4 rings (SSSR count). The first-order valence-electron chi connectivity index (χ1n) is 11.7. The van der Waals surface area contributed by atoms with Crippen LogP contribution in [0.1, 0.15) is 11.1 Å². The van der Waals surface area contributed by atoms with Crippen LogP contribution in [0.2, 0.25) is 0 Å². The van der Waals surface area contributed by atoms with Gasteiger partial charge < -0.3 is 14.5 Å². The highest BCUT2D eigenvalue weighted by Gasteiger charge is 2.30. The standard InChI is InChI=1S/C27H30BrN3O4S/c1-21-7-13-24(14-8-21)36(33,34)31(19-22-9-11-23(28)12-10-22)20-27(32)30-17-15-29(16-18-30)25-5-3-4-6-26(25)35-2/h3-14H,15-20H2,1-2H3. The molecule has 0 radical (unpaired) electrons. The summed E-state index contributed by atoms with van der Waals surface area (Å²) in [6.07, 6.45) is 0. The number of rotatable bonds is 8. The second kappa shape index (κ2) is 11.5. The molecule has 3 aromatic rings. The van der Waals surface area contributed by atoms with Gasteiger partial charge in [0.15, 0.2) is 0 Å². The maximum Gasteiger partial charge on any atom is 0.243 e. The monoisotopic (exact) mass is 571 g/mol. The highest BCUT2D eigenvalue weighted by molar-refractivity contribution is 9.10. The predicted molar refractivity (Wildman–Crippen MR) is 145 cm³/mol. The fourth-order valence-corrected chi connectivity index (χ4v) is 5.86. The minimum atomic E-state index is -3.88. The maximum absolute atomic E-state index is 13.6. The van der Waals surface area contributed by atoms with Crippen LogP contribution in [-0.4, -0.2) is 63.4 Å². The zero-order chi connectivity index (χ0) is 25.7. The molecule has 0 bridgehead atoms. The summed E-state index contributed by atoms with van der Waals surface area (Å²) in [6.45, 7) is 4.09. The number of ether oxygens (including phenoxy) is 1. The molecular weight excluding hydrogens is 542 g/mol. The van der Waals surface area contributed by atoms with Crippen LogP contribution in [0, 0.1) is 6.92 Å². The average molecular weight is 573 g/mol. The molecule has 1 fully saturated rings. The van der Waals surface area contributed by atoms with E-state index in [2.05, 4.69) is 20.8 Å². The Labute approximate surface area is 221 Å². The van der Waals surface area contributed by atoms with E-state index in [1.54, 1.807) is 36.3 Å². The first-order valence-corrected chi connectivity index (χ1v) is 14.0. The van der Waals surface area contributed by atoms with E-state index in [1.807, 2.05) is 55.5 Å². The zero-order valence-electron chi connectivity index (χ0n) is 20.4. The number of methoxy groups -OCH3 is 1. The zero-order valence-corrected chi connectivity index (χ0v) is 22.8. The van der Waals surface area contributed by atoms with Gasteiger partial charge in [-0.2, -0.15) is 4.31 Å². The van der Waals surface area contributed by atoms with Crippen molar-refractivity contribution < 1.29 is 17.9 Å². The minimum absolute atomic E-state index is 0.108. The number of nitrogens with zero attached hydrogens (tertiary/aromatic N) is 3. The van der Waals surface area contributed by atoms with Crippen LogP contribution in [0.5, 0.6) is 5.75 Å². The number of sulfonamides is 1. The van der Waals surface area contributed by atoms with E-state index in [9.17, 15) is 13.2 Å². The number of aryl methyl sites for hydroxylation is 1. The minimum Gasteiger partial charge on any atom is -0.495 e. The quantitative estimate of drug-likeness (QED) is 0.403. The van der Waals surface area contributed by atoms with Crippen molar-refractivity contribution in [3.63, 3.8) is 0 Å². The highest BCUT2D eigenvalue weighted by atomic mass is 79.9. The molecule has 1 saturated heterocycles. The average Bonchev–Trinajstić information content (AvgIpc) is 2.89. The molecule has 7 nitrogen and oxygen atoms in total.